The van der Waals surface area contributed by atoms with Crippen LogP contribution in [0.15, 0.2) is 76.5 Å². The SMILES string of the molecule is CCOc1ccccc1NC(=O)CNc1cc(C)cc(S(=O)(=O)c2ccccc2)c1C. The molecule has 0 aliphatic rings. The molecule has 0 atom stereocenters. The van der Waals surface area contributed by atoms with Gasteiger partial charge in [-0.05, 0) is 68.3 Å². The van der Waals surface area contributed by atoms with Gasteiger partial charge in [0.2, 0.25) is 15.7 Å². The molecule has 0 bridgehead atoms. The first kappa shape index (κ1) is 22.4. The number of benzene rings is 3. The van der Waals surface area contributed by atoms with Gasteiger partial charge < -0.3 is 15.4 Å². The van der Waals surface area contributed by atoms with E-state index in [2.05, 4.69) is 10.6 Å². The molecule has 0 spiro atoms. The van der Waals surface area contributed by atoms with Gasteiger partial charge in [-0.3, -0.25) is 4.79 Å². The number of amides is 1. The third-order valence-electron chi connectivity index (χ3n) is 4.75. The second kappa shape index (κ2) is 9.66. The summed E-state index contributed by atoms with van der Waals surface area (Å²) in [5.74, 6) is 0.335. The maximum absolute atomic E-state index is 13.1. The fraction of sp³-hybridized carbons (Fsp3) is 0.208. The van der Waals surface area contributed by atoms with Gasteiger partial charge in [-0.25, -0.2) is 8.42 Å². The molecule has 3 aromatic rings. The van der Waals surface area contributed by atoms with Crippen LogP contribution in [0.5, 0.6) is 5.75 Å². The van der Waals surface area contributed by atoms with Crippen molar-refractivity contribution in [1.29, 1.82) is 0 Å². The molecule has 31 heavy (non-hydrogen) atoms. The first-order chi connectivity index (χ1) is 14.8. The summed E-state index contributed by atoms with van der Waals surface area (Å²) < 4.78 is 31.8. The van der Waals surface area contributed by atoms with Crippen LogP contribution in [0, 0.1) is 13.8 Å². The van der Waals surface area contributed by atoms with Gasteiger partial charge in [0.1, 0.15) is 5.75 Å². The lowest BCUT2D eigenvalue weighted by molar-refractivity contribution is -0.114. The average molecular weight is 439 g/mol. The minimum Gasteiger partial charge on any atom is -0.492 e. The Labute approximate surface area is 183 Å². The van der Waals surface area contributed by atoms with Gasteiger partial charge in [0.05, 0.1) is 28.6 Å². The first-order valence-electron chi connectivity index (χ1n) is 10.00. The van der Waals surface area contributed by atoms with E-state index in [0.717, 1.165) is 5.56 Å². The Morgan fingerprint density at radius 3 is 2.32 bits per heavy atom. The summed E-state index contributed by atoms with van der Waals surface area (Å²) >= 11 is 0. The fourth-order valence-corrected chi connectivity index (χ4v) is 4.86. The zero-order chi connectivity index (χ0) is 22.4. The molecule has 2 N–H and O–H groups in total. The molecule has 3 aromatic carbocycles. The largest absolute Gasteiger partial charge is 0.492 e. The summed E-state index contributed by atoms with van der Waals surface area (Å²) in [4.78, 5) is 13.0. The highest BCUT2D eigenvalue weighted by Crippen LogP contribution is 2.30. The number of para-hydroxylation sites is 2. The van der Waals surface area contributed by atoms with Gasteiger partial charge >= 0.3 is 0 Å². The zero-order valence-electron chi connectivity index (χ0n) is 17.8. The second-order valence-corrected chi connectivity index (χ2v) is 9.00. The molecule has 0 saturated carbocycles. The molecule has 0 unspecified atom stereocenters. The maximum atomic E-state index is 13.1. The van der Waals surface area contributed by atoms with Crippen LogP contribution >= 0.6 is 0 Å². The van der Waals surface area contributed by atoms with E-state index in [1.807, 2.05) is 32.0 Å². The Morgan fingerprint density at radius 1 is 0.935 bits per heavy atom. The Kier molecular flexibility index (Phi) is 6.97. The molecule has 1 amide bonds. The molecule has 0 saturated heterocycles. The van der Waals surface area contributed by atoms with Crippen LogP contribution < -0.4 is 15.4 Å². The number of anilines is 2. The molecule has 0 aromatic heterocycles. The van der Waals surface area contributed by atoms with E-state index in [4.69, 9.17) is 4.74 Å². The van der Waals surface area contributed by atoms with Crippen molar-refractivity contribution in [2.24, 2.45) is 0 Å². The summed E-state index contributed by atoms with van der Waals surface area (Å²) in [5.41, 5.74) is 2.54. The van der Waals surface area contributed by atoms with Crippen molar-refractivity contribution in [2.75, 3.05) is 23.8 Å². The van der Waals surface area contributed by atoms with Crippen LogP contribution in [-0.2, 0) is 14.6 Å². The zero-order valence-corrected chi connectivity index (χ0v) is 18.6. The standard InChI is InChI=1S/C24H26N2O4S/c1-4-30-22-13-9-8-12-20(22)26-24(27)16-25-21-14-17(2)15-23(18(21)3)31(28,29)19-10-6-5-7-11-19/h5-15,25H,4,16H2,1-3H3,(H,26,27). The summed E-state index contributed by atoms with van der Waals surface area (Å²) in [6.07, 6.45) is 0. The molecule has 0 heterocycles. The maximum Gasteiger partial charge on any atom is 0.243 e. The number of ether oxygens (including phenoxy) is 1. The number of aryl methyl sites for hydroxylation is 1. The molecule has 7 heteroatoms. The molecular weight excluding hydrogens is 412 g/mol. The van der Waals surface area contributed by atoms with E-state index in [9.17, 15) is 13.2 Å². The monoisotopic (exact) mass is 438 g/mol. The molecule has 6 nitrogen and oxygen atoms in total. The van der Waals surface area contributed by atoms with Crippen molar-refractivity contribution >= 4 is 27.1 Å². The highest BCUT2D eigenvalue weighted by Gasteiger charge is 2.22. The highest BCUT2D eigenvalue weighted by atomic mass is 32.2. The van der Waals surface area contributed by atoms with Gasteiger partial charge in [0.25, 0.3) is 0 Å². The van der Waals surface area contributed by atoms with E-state index in [-0.39, 0.29) is 22.2 Å². The van der Waals surface area contributed by atoms with Crippen molar-refractivity contribution in [3.05, 3.63) is 77.9 Å². The number of sulfone groups is 1. The van der Waals surface area contributed by atoms with E-state index >= 15 is 0 Å². The van der Waals surface area contributed by atoms with Crippen LogP contribution in [0.4, 0.5) is 11.4 Å². The summed E-state index contributed by atoms with van der Waals surface area (Å²) in [6, 6.07) is 19.0. The van der Waals surface area contributed by atoms with Crippen molar-refractivity contribution < 1.29 is 17.9 Å². The van der Waals surface area contributed by atoms with Crippen LogP contribution in [0.3, 0.4) is 0 Å². The van der Waals surface area contributed by atoms with Gasteiger partial charge in [0.15, 0.2) is 0 Å². The predicted molar refractivity (Wildman–Crippen MR) is 123 cm³/mol. The normalized spacial score (nSPS) is 11.1. The number of carbonyl (C=O) groups excluding carboxylic acids is 1. The quantitative estimate of drug-likeness (QED) is 0.538. The third-order valence-corrected chi connectivity index (χ3v) is 6.64. The topological polar surface area (TPSA) is 84.5 Å². The Morgan fingerprint density at radius 2 is 1.61 bits per heavy atom. The number of rotatable bonds is 8. The molecule has 0 aliphatic heterocycles. The van der Waals surface area contributed by atoms with Gasteiger partial charge in [-0.2, -0.15) is 0 Å². The smallest absolute Gasteiger partial charge is 0.243 e. The van der Waals surface area contributed by atoms with E-state index in [1.165, 1.54) is 0 Å². The van der Waals surface area contributed by atoms with Gasteiger partial charge in [-0.1, -0.05) is 30.3 Å². The van der Waals surface area contributed by atoms with E-state index in [1.54, 1.807) is 55.5 Å². The molecule has 162 valence electrons. The lowest BCUT2D eigenvalue weighted by Crippen LogP contribution is -2.22. The third kappa shape index (κ3) is 5.24. The van der Waals surface area contributed by atoms with E-state index < -0.39 is 9.84 Å². The number of hydrogen-bond acceptors (Lipinski definition) is 5. The number of nitrogens with one attached hydrogen (secondary N) is 2. The van der Waals surface area contributed by atoms with Crippen molar-refractivity contribution in [2.45, 2.75) is 30.6 Å². The Balaban J connectivity index is 1.80. The van der Waals surface area contributed by atoms with Crippen LogP contribution in [-0.4, -0.2) is 27.5 Å². The van der Waals surface area contributed by atoms with Gasteiger partial charge in [-0.15, -0.1) is 0 Å². The summed E-state index contributed by atoms with van der Waals surface area (Å²) in [6.45, 7) is 5.91. The van der Waals surface area contributed by atoms with E-state index in [0.29, 0.717) is 29.3 Å². The van der Waals surface area contributed by atoms with Crippen molar-refractivity contribution in [1.82, 2.24) is 0 Å². The summed E-state index contributed by atoms with van der Waals surface area (Å²) in [7, 11) is -3.67. The van der Waals surface area contributed by atoms with Crippen LogP contribution in [0.1, 0.15) is 18.1 Å². The second-order valence-electron chi connectivity index (χ2n) is 7.08. The molecule has 0 fully saturated rings. The van der Waals surface area contributed by atoms with Crippen molar-refractivity contribution in [3.8, 4) is 5.75 Å². The van der Waals surface area contributed by atoms with Crippen LogP contribution in [0.2, 0.25) is 0 Å². The van der Waals surface area contributed by atoms with Gasteiger partial charge in [0, 0.05) is 5.69 Å². The Bertz CT molecular complexity index is 1180. The fourth-order valence-electron chi connectivity index (χ4n) is 3.24. The summed E-state index contributed by atoms with van der Waals surface area (Å²) in [5, 5.41) is 5.90. The minimum atomic E-state index is -3.67. The lowest BCUT2D eigenvalue weighted by Gasteiger charge is -2.16. The van der Waals surface area contributed by atoms with Crippen molar-refractivity contribution in [3.63, 3.8) is 0 Å². The predicted octanol–water partition coefficient (Wildman–Crippen LogP) is 4.59. The van der Waals surface area contributed by atoms with Crippen LogP contribution in [0.25, 0.3) is 0 Å². The lowest BCUT2D eigenvalue weighted by atomic mass is 10.1. The Hall–Kier alpha value is -3.32. The number of hydrogen-bond donors (Lipinski definition) is 2. The minimum absolute atomic E-state index is 0.0183. The molecule has 0 radical (unpaired) electrons. The highest BCUT2D eigenvalue weighted by molar-refractivity contribution is 7.91. The first-order valence-corrected chi connectivity index (χ1v) is 11.5. The number of carbonyl (C=O) groups is 1. The average Bonchev–Trinajstić information content (AvgIpc) is 2.76. The molecule has 3 rings (SSSR count). The molecule has 0 aliphatic carbocycles. The molecular formula is C24H26N2O4S.